The third-order valence-electron chi connectivity index (χ3n) is 2.88. The van der Waals surface area contributed by atoms with Crippen molar-refractivity contribution < 1.29 is 9.90 Å². The second kappa shape index (κ2) is 7.44. The van der Waals surface area contributed by atoms with Crippen molar-refractivity contribution in [1.29, 1.82) is 0 Å². The summed E-state index contributed by atoms with van der Waals surface area (Å²) in [4.78, 5) is 25.1. The van der Waals surface area contributed by atoms with Crippen LogP contribution in [0.4, 0.5) is 0 Å². The number of hydrogen-bond donors (Lipinski definition) is 4. The van der Waals surface area contributed by atoms with E-state index in [0.717, 1.165) is 0 Å². The fraction of sp³-hybridized carbons (Fsp3) is 0.308. The van der Waals surface area contributed by atoms with Crippen LogP contribution in [0.5, 0.6) is 0 Å². The molecule has 1 atom stereocenters. The number of nitrogens with zero attached hydrogens (tertiary/aromatic N) is 1. The monoisotopic (exact) mass is 344 g/mol. The molecule has 0 aliphatic heterocycles. The van der Waals surface area contributed by atoms with Crippen molar-refractivity contribution in [2.75, 3.05) is 6.54 Å². The Balaban J connectivity index is 1.82. The van der Waals surface area contributed by atoms with Gasteiger partial charge >= 0.3 is 5.69 Å². The van der Waals surface area contributed by atoms with Crippen LogP contribution >= 0.6 is 23.2 Å². The lowest BCUT2D eigenvalue weighted by Gasteiger charge is -2.12. The molecule has 4 N–H and O–H groups in total. The maximum Gasteiger partial charge on any atom is 0.340 e. The van der Waals surface area contributed by atoms with Crippen LogP contribution in [0.3, 0.4) is 0 Å². The van der Waals surface area contributed by atoms with Crippen LogP contribution in [0.2, 0.25) is 10.0 Å². The Bertz CT molecular complexity index is 693. The van der Waals surface area contributed by atoms with Gasteiger partial charge in [0.25, 0.3) is 0 Å². The van der Waals surface area contributed by atoms with Gasteiger partial charge in [-0.25, -0.2) is 9.89 Å². The molecule has 1 heterocycles. The van der Waals surface area contributed by atoms with E-state index in [9.17, 15) is 14.7 Å². The Kier molecular flexibility index (Phi) is 5.59. The van der Waals surface area contributed by atoms with Crippen LogP contribution in [0.25, 0.3) is 0 Å². The molecule has 0 spiro atoms. The number of benzene rings is 1. The number of carbonyl (C=O) groups is 1. The maximum atomic E-state index is 11.8. The van der Waals surface area contributed by atoms with Gasteiger partial charge in [-0.3, -0.25) is 9.78 Å². The van der Waals surface area contributed by atoms with Gasteiger partial charge in [0.1, 0.15) is 5.82 Å². The van der Waals surface area contributed by atoms with Gasteiger partial charge in [-0.15, -0.1) is 0 Å². The molecule has 7 nitrogen and oxygen atoms in total. The van der Waals surface area contributed by atoms with Crippen molar-refractivity contribution in [3.05, 3.63) is 50.1 Å². The van der Waals surface area contributed by atoms with E-state index >= 15 is 0 Å². The Labute approximate surface area is 135 Å². The molecular weight excluding hydrogens is 331 g/mol. The van der Waals surface area contributed by atoms with Crippen molar-refractivity contribution in [3.63, 3.8) is 0 Å². The van der Waals surface area contributed by atoms with Gasteiger partial charge in [-0.05, 0) is 23.8 Å². The number of carbonyl (C=O) groups excluding carboxylic acids is 1. The lowest BCUT2D eigenvalue weighted by Crippen LogP contribution is -2.27. The summed E-state index contributed by atoms with van der Waals surface area (Å²) in [7, 11) is 0. The zero-order chi connectivity index (χ0) is 16.1. The van der Waals surface area contributed by atoms with E-state index in [1.807, 2.05) is 0 Å². The lowest BCUT2D eigenvalue weighted by molar-refractivity contribution is -0.123. The van der Waals surface area contributed by atoms with Crippen LogP contribution in [0, 0.1) is 0 Å². The number of amides is 1. The number of hydrogen-bond acceptors (Lipinski definition) is 4. The van der Waals surface area contributed by atoms with E-state index in [0.29, 0.717) is 34.4 Å². The highest BCUT2D eigenvalue weighted by atomic mass is 35.5. The Morgan fingerprint density at radius 2 is 2.00 bits per heavy atom. The maximum absolute atomic E-state index is 11.8. The number of aliphatic hydroxyl groups is 1. The fourth-order valence-corrected chi connectivity index (χ4v) is 2.42. The van der Waals surface area contributed by atoms with E-state index in [-0.39, 0.29) is 12.3 Å². The van der Waals surface area contributed by atoms with Crippen LogP contribution in [-0.4, -0.2) is 32.7 Å². The number of nitrogens with one attached hydrogen (secondary N) is 3. The Morgan fingerprint density at radius 3 is 2.59 bits per heavy atom. The Hall–Kier alpha value is -1.83. The third-order valence-corrected chi connectivity index (χ3v) is 3.32. The van der Waals surface area contributed by atoms with E-state index in [2.05, 4.69) is 20.5 Å². The van der Waals surface area contributed by atoms with E-state index in [1.54, 1.807) is 18.2 Å². The summed E-state index contributed by atoms with van der Waals surface area (Å²) in [5, 5.41) is 19.4. The van der Waals surface area contributed by atoms with Gasteiger partial charge in [0.2, 0.25) is 5.91 Å². The topological polar surface area (TPSA) is 111 Å². The normalized spacial score (nSPS) is 12.1. The number of aromatic nitrogens is 3. The smallest absolute Gasteiger partial charge is 0.340 e. The predicted octanol–water partition coefficient (Wildman–Crippen LogP) is 1.19. The van der Waals surface area contributed by atoms with Crippen molar-refractivity contribution >= 4 is 29.1 Å². The van der Waals surface area contributed by atoms with Gasteiger partial charge in [0.15, 0.2) is 0 Å². The molecule has 1 aromatic carbocycles. The highest BCUT2D eigenvalue weighted by Crippen LogP contribution is 2.25. The average Bonchev–Trinajstić information content (AvgIpc) is 2.83. The first-order chi connectivity index (χ1) is 10.4. The number of aliphatic hydroxyl groups excluding tert-OH is 1. The molecule has 2 rings (SSSR count). The summed E-state index contributed by atoms with van der Waals surface area (Å²) in [6, 6.07) is 4.66. The highest BCUT2D eigenvalue weighted by molar-refractivity contribution is 6.34. The van der Waals surface area contributed by atoms with Crippen LogP contribution in [-0.2, 0) is 11.2 Å². The predicted molar refractivity (Wildman–Crippen MR) is 82.0 cm³/mol. The molecule has 2 aromatic rings. The van der Waals surface area contributed by atoms with Crippen molar-refractivity contribution in [2.24, 2.45) is 0 Å². The van der Waals surface area contributed by atoms with Crippen LogP contribution in [0.15, 0.2) is 23.0 Å². The summed E-state index contributed by atoms with van der Waals surface area (Å²) in [6.07, 6.45) is -0.737. The van der Waals surface area contributed by atoms with Crippen molar-refractivity contribution in [3.8, 4) is 0 Å². The first kappa shape index (κ1) is 16.5. The second-order valence-corrected chi connectivity index (χ2v) is 5.52. The fourth-order valence-electron chi connectivity index (χ4n) is 1.88. The molecule has 0 saturated carbocycles. The Morgan fingerprint density at radius 1 is 1.32 bits per heavy atom. The zero-order valence-corrected chi connectivity index (χ0v) is 12.9. The molecule has 0 radical (unpaired) electrons. The number of H-pyrrole nitrogens is 2. The molecule has 0 saturated heterocycles. The number of rotatable bonds is 6. The highest BCUT2D eigenvalue weighted by Gasteiger charge is 2.14. The summed E-state index contributed by atoms with van der Waals surface area (Å²) >= 11 is 11.7. The summed E-state index contributed by atoms with van der Waals surface area (Å²) in [5.74, 6) is 0.119. The summed E-state index contributed by atoms with van der Waals surface area (Å²) in [6.45, 7) is 0.294. The molecular formula is C13H14Cl2N4O3. The molecule has 0 aliphatic rings. The van der Waals surface area contributed by atoms with E-state index < -0.39 is 11.8 Å². The van der Waals surface area contributed by atoms with Crippen molar-refractivity contribution in [2.45, 2.75) is 18.9 Å². The quantitative estimate of drug-likeness (QED) is 0.630. The van der Waals surface area contributed by atoms with Gasteiger partial charge in [0, 0.05) is 23.0 Å². The van der Waals surface area contributed by atoms with Gasteiger partial charge in [-0.1, -0.05) is 23.2 Å². The average molecular weight is 345 g/mol. The first-order valence-corrected chi connectivity index (χ1v) is 7.24. The van der Waals surface area contributed by atoms with Crippen molar-refractivity contribution in [1.82, 2.24) is 20.5 Å². The molecule has 118 valence electrons. The molecule has 0 aliphatic carbocycles. The largest absolute Gasteiger partial charge is 0.388 e. The minimum absolute atomic E-state index is 0.117. The number of aromatic amines is 2. The second-order valence-electron chi connectivity index (χ2n) is 4.65. The van der Waals surface area contributed by atoms with Gasteiger partial charge in [0.05, 0.1) is 12.5 Å². The minimum atomic E-state index is -0.999. The summed E-state index contributed by atoms with van der Waals surface area (Å²) in [5.41, 5.74) is 0.0823. The zero-order valence-electron chi connectivity index (χ0n) is 11.4. The molecule has 0 fully saturated rings. The van der Waals surface area contributed by atoms with Gasteiger partial charge in [-0.2, -0.15) is 5.10 Å². The standard InChI is InChI=1S/C13H14Cl2N4O3/c14-8-3-7(4-9(15)5-8)10(20)6-12(21)16-2-1-11-17-13(22)19-18-11/h3-5,10,20H,1-2,6H2,(H,16,21)(H2,17,18,19,22). The molecule has 0 bridgehead atoms. The molecule has 1 unspecified atom stereocenters. The minimum Gasteiger partial charge on any atom is -0.388 e. The van der Waals surface area contributed by atoms with Crippen LogP contribution in [0.1, 0.15) is 23.9 Å². The molecule has 1 amide bonds. The molecule has 1 aromatic heterocycles. The van der Waals surface area contributed by atoms with E-state index in [4.69, 9.17) is 23.2 Å². The van der Waals surface area contributed by atoms with Crippen LogP contribution < -0.4 is 11.0 Å². The molecule has 22 heavy (non-hydrogen) atoms. The summed E-state index contributed by atoms with van der Waals surface area (Å²) < 4.78 is 0. The van der Waals surface area contributed by atoms with Gasteiger partial charge < -0.3 is 10.4 Å². The number of halogens is 2. The first-order valence-electron chi connectivity index (χ1n) is 6.48. The lowest BCUT2D eigenvalue weighted by atomic mass is 10.1. The van der Waals surface area contributed by atoms with E-state index in [1.165, 1.54) is 0 Å². The SMILES string of the molecule is O=C(CC(O)c1cc(Cl)cc(Cl)c1)NCCc1n[nH]c(=O)[nH]1. The molecule has 9 heteroatoms. The third kappa shape index (κ3) is 4.87.